The predicted molar refractivity (Wildman–Crippen MR) is 93.0 cm³/mol. The highest BCUT2D eigenvalue weighted by Gasteiger charge is 2.01. The Morgan fingerprint density at radius 2 is 1.43 bits per heavy atom. The van der Waals surface area contributed by atoms with E-state index in [1.54, 1.807) is 0 Å². The summed E-state index contributed by atoms with van der Waals surface area (Å²) in [6, 6.07) is 18.3. The zero-order valence-corrected chi connectivity index (χ0v) is 12.9. The molecule has 0 bridgehead atoms. The topological polar surface area (TPSA) is 24.7 Å². The first-order valence-corrected chi connectivity index (χ1v) is 7.05. The molecule has 0 saturated carbocycles. The summed E-state index contributed by atoms with van der Waals surface area (Å²) in [4.78, 5) is 8.27. The molecule has 2 rings (SSSR count). The lowest BCUT2D eigenvalue weighted by molar-refractivity contribution is 1.48. The van der Waals surface area contributed by atoms with E-state index >= 15 is 0 Å². The van der Waals surface area contributed by atoms with Crippen LogP contribution in [0.2, 0.25) is 0 Å². The van der Waals surface area contributed by atoms with Gasteiger partial charge in [0.2, 0.25) is 5.29 Å². The molecule has 2 aromatic rings. The van der Waals surface area contributed by atoms with Crippen LogP contribution in [0.15, 0.2) is 71.2 Å². The summed E-state index contributed by atoms with van der Waals surface area (Å²) in [5.74, 6) is 0. The highest BCUT2D eigenvalue weighted by Crippen LogP contribution is 2.22. The van der Waals surface area contributed by atoms with Crippen molar-refractivity contribution in [2.24, 2.45) is 9.98 Å². The van der Waals surface area contributed by atoms with Gasteiger partial charge in [-0.15, -0.1) is 0 Å². The summed E-state index contributed by atoms with van der Waals surface area (Å²) < 4.78 is 0. The fraction of sp³-hybridized carbons (Fsp3) is 0.111. The smallest absolute Gasteiger partial charge is 0.222 e. The highest BCUT2D eigenvalue weighted by atomic mass is 35.5. The van der Waals surface area contributed by atoms with E-state index in [0.29, 0.717) is 5.70 Å². The molecule has 0 aliphatic carbocycles. The average molecular weight is 297 g/mol. The molecule has 2 aromatic carbocycles. The van der Waals surface area contributed by atoms with E-state index in [-0.39, 0.29) is 5.29 Å². The number of hydrogen-bond acceptors (Lipinski definition) is 1. The van der Waals surface area contributed by atoms with Gasteiger partial charge in [-0.2, -0.15) is 0 Å². The Kier molecular flexibility index (Phi) is 5.07. The van der Waals surface area contributed by atoms with Crippen LogP contribution in [-0.4, -0.2) is 11.0 Å². The quantitative estimate of drug-likeness (QED) is 0.411. The minimum absolute atomic E-state index is 0.201. The number of hydrogen-bond donors (Lipinski definition) is 0. The number of amidine groups is 1. The van der Waals surface area contributed by atoms with Crippen molar-refractivity contribution in [2.45, 2.75) is 13.8 Å². The third-order valence-electron chi connectivity index (χ3n) is 2.87. The summed E-state index contributed by atoms with van der Waals surface area (Å²) in [6.45, 7) is 7.67. The molecule has 21 heavy (non-hydrogen) atoms. The zero-order valence-electron chi connectivity index (χ0n) is 12.2. The first kappa shape index (κ1) is 15.2. The Hall–Kier alpha value is -2.19. The Morgan fingerprint density at radius 3 is 2.00 bits per heavy atom. The van der Waals surface area contributed by atoms with Crippen LogP contribution in [0, 0.1) is 0 Å². The first-order valence-electron chi connectivity index (χ1n) is 6.67. The number of rotatable bonds is 3. The normalized spacial score (nSPS) is 11.1. The van der Waals surface area contributed by atoms with Crippen LogP contribution in [0.4, 0.5) is 0 Å². The van der Waals surface area contributed by atoms with Crippen LogP contribution in [0.25, 0.3) is 16.8 Å². The number of benzene rings is 2. The molecule has 0 saturated heterocycles. The van der Waals surface area contributed by atoms with E-state index in [1.165, 1.54) is 5.56 Å². The third kappa shape index (κ3) is 4.40. The molecule has 0 aliphatic rings. The van der Waals surface area contributed by atoms with Crippen molar-refractivity contribution in [3.8, 4) is 11.1 Å². The molecule has 0 amide bonds. The van der Waals surface area contributed by atoms with Crippen LogP contribution in [-0.2, 0) is 0 Å². The van der Waals surface area contributed by atoms with Crippen molar-refractivity contribution in [1.82, 2.24) is 0 Å². The maximum atomic E-state index is 5.95. The molecule has 0 aliphatic heterocycles. The van der Waals surface area contributed by atoms with Gasteiger partial charge in [0.15, 0.2) is 0 Å². The van der Waals surface area contributed by atoms with Gasteiger partial charge in [0.05, 0.1) is 5.70 Å². The van der Waals surface area contributed by atoms with Crippen molar-refractivity contribution in [2.75, 3.05) is 0 Å². The molecular formula is C18H17ClN2. The highest BCUT2D eigenvalue weighted by molar-refractivity contribution is 6.66. The summed E-state index contributed by atoms with van der Waals surface area (Å²) in [5, 5.41) is 0.201. The van der Waals surface area contributed by atoms with E-state index in [9.17, 15) is 0 Å². The van der Waals surface area contributed by atoms with Gasteiger partial charge in [-0.1, -0.05) is 61.2 Å². The van der Waals surface area contributed by atoms with Gasteiger partial charge in [-0.25, -0.2) is 9.98 Å². The van der Waals surface area contributed by atoms with E-state index in [0.717, 1.165) is 16.8 Å². The maximum Gasteiger partial charge on any atom is 0.222 e. The maximum absolute atomic E-state index is 5.95. The molecule has 0 radical (unpaired) electrons. The Morgan fingerprint density at radius 1 is 0.857 bits per heavy atom. The molecule has 0 aromatic heterocycles. The van der Waals surface area contributed by atoms with Crippen LogP contribution in [0.5, 0.6) is 0 Å². The van der Waals surface area contributed by atoms with Crippen molar-refractivity contribution in [3.63, 3.8) is 0 Å². The SMILES string of the molecule is C=C(N=C(Cl)N=C(C)C)c1ccc(-c2ccccc2)cc1. The van der Waals surface area contributed by atoms with Gasteiger partial charge < -0.3 is 0 Å². The van der Waals surface area contributed by atoms with E-state index in [1.807, 2.05) is 56.3 Å². The number of aliphatic imine (C=N–C) groups is 2. The average Bonchev–Trinajstić information content (AvgIpc) is 2.47. The Balaban J connectivity index is 2.20. The minimum atomic E-state index is 0.201. The fourth-order valence-corrected chi connectivity index (χ4v) is 2.14. The zero-order chi connectivity index (χ0) is 15.2. The fourth-order valence-electron chi connectivity index (χ4n) is 1.87. The molecule has 0 N–H and O–H groups in total. The van der Waals surface area contributed by atoms with Crippen molar-refractivity contribution >= 4 is 28.3 Å². The largest absolute Gasteiger partial charge is 0.228 e. The molecule has 0 unspecified atom stereocenters. The molecule has 0 heterocycles. The molecule has 106 valence electrons. The molecule has 3 heteroatoms. The van der Waals surface area contributed by atoms with Gasteiger partial charge >= 0.3 is 0 Å². The Labute approximate surface area is 130 Å². The van der Waals surface area contributed by atoms with Gasteiger partial charge in [0.25, 0.3) is 0 Å². The second-order valence-corrected chi connectivity index (χ2v) is 5.17. The summed E-state index contributed by atoms with van der Waals surface area (Å²) in [6.07, 6.45) is 0. The van der Waals surface area contributed by atoms with Gasteiger partial charge in [-0.05, 0) is 42.1 Å². The Bertz CT molecular complexity index is 679. The summed E-state index contributed by atoms with van der Waals surface area (Å²) in [5.41, 5.74) is 4.73. The molecular weight excluding hydrogens is 280 g/mol. The van der Waals surface area contributed by atoms with Crippen molar-refractivity contribution < 1.29 is 0 Å². The predicted octanol–water partition coefficient (Wildman–Crippen LogP) is 5.40. The van der Waals surface area contributed by atoms with Crippen molar-refractivity contribution in [3.05, 3.63) is 66.7 Å². The van der Waals surface area contributed by atoms with E-state index in [4.69, 9.17) is 11.6 Å². The van der Waals surface area contributed by atoms with Crippen LogP contribution in [0.1, 0.15) is 19.4 Å². The first-order chi connectivity index (χ1) is 10.1. The number of halogens is 1. The van der Waals surface area contributed by atoms with Crippen LogP contribution >= 0.6 is 11.6 Å². The lowest BCUT2D eigenvalue weighted by atomic mass is 10.0. The minimum Gasteiger partial charge on any atom is -0.228 e. The second-order valence-electron chi connectivity index (χ2n) is 4.83. The lowest BCUT2D eigenvalue weighted by Gasteiger charge is -2.04. The van der Waals surface area contributed by atoms with E-state index < -0.39 is 0 Å². The third-order valence-corrected chi connectivity index (χ3v) is 3.04. The monoisotopic (exact) mass is 296 g/mol. The van der Waals surface area contributed by atoms with Gasteiger partial charge in [0.1, 0.15) is 0 Å². The summed E-state index contributed by atoms with van der Waals surface area (Å²) >= 11 is 5.95. The van der Waals surface area contributed by atoms with Crippen LogP contribution < -0.4 is 0 Å². The van der Waals surface area contributed by atoms with Gasteiger partial charge in [-0.3, -0.25) is 0 Å². The lowest BCUT2D eigenvalue weighted by Crippen LogP contribution is -1.89. The van der Waals surface area contributed by atoms with Crippen LogP contribution in [0.3, 0.4) is 0 Å². The molecule has 0 fully saturated rings. The van der Waals surface area contributed by atoms with Gasteiger partial charge in [0, 0.05) is 5.71 Å². The number of nitrogens with zero attached hydrogens (tertiary/aromatic N) is 2. The molecule has 2 nitrogen and oxygen atoms in total. The second kappa shape index (κ2) is 7.00. The standard InChI is InChI=1S/C18H17ClN2/c1-13(2)20-18(19)21-14(3)15-9-11-17(12-10-15)16-7-5-4-6-8-16/h4-12H,3H2,1-2H3. The van der Waals surface area contributed by atoms with Crippen molar-refractivity contribution in [1.29, 1.82) is 0 Å². The molecule has 0 atom stereocenters. The van der Waals surface area contributed by atoms with E-state index in [2.05, 4.69) is 28.7 Å². The summed E-state index contributed by atoms with van der Waals surface area (Å²) in [7, 11) is 0. The molecule has 0 spiro atoms.